The zero-order valence-electron chi connectivity index (χ0n) is 11.0. The summed E-state index contributed by atoms with van der Waals surface area (Å²) < 4.78 is 15.8. The molecule has 108 valence electrons. The van der Waals surface area contributed by atoms with Gasteiger partial charge >= 0.3 is 5.97 Å². The summed E-state index contributed by atoms with van der Waals surface area (Å²) in [6.07, 6.45) is -0.105. The Bertz CT molecular complexity index is 495. The molecule has 0 aliphatic carbocycles. The summed E-state index contributed by atoms with van der Waals surface area (Å²) in [6.45, 7) is 0.762. The normalized spacial score (nSPS) is 16.1. The maximum atomic E-state index is 11.0. The monoisotopic (exact) mass is 296 g/mol. The number of methoxy groups -OCH3 is 1. The van der Waals surface area contributed by atoms with Crippen molar-refractivity contribution >= 4 is 23.3 Å². The van der Waals surface area contributed by atoms with Crippen molar-refractivity contribution in [3.05, 3.63) is 24.3 Å². The van der Waals surface area contributed by atoms with Gasteiger partial charge in [-0.1, -0.05) is 12.1 Å². The SMILES string of the molecule is COC(=O)CCNC(=S)NC1COc2ccccc2O1. The van der Waals surface area contributed by atoms with Crippen LogP contribution in [0.1, 0.15) is 6.42 Å². The van der Waals surface area contributed by atoms with E-state index in [4.69, 9.17) is 21.7 Å². The Morgan fingerprint density at radius 2 is 2.20 bits per heavy atom. The van der Waals surface area contributed by atoms with Gasteiger partial charge in [0.1, 0.15) is 6.61 Å². The topological polar surface area (TPSA) is 68.8 Å². The lowest BCUT2D eigenvalue weighted by atomic mass is 10.3. The number of hydrogen-bond acceptors (Lipinski definition) is 5. The molecule has 0 saturated carbocycles. The fourth-order valence-corrected chi connectivity index (χ4v) is 1.90. The molecule has 1 aliphatic heterocycles. The third kappa shape index (κ3) is 3.99. The first-order valence-electron chi connectivity index (χ1n) is 6.18. The highest BCUT2D eigenvalue weighted by Crippen LogP contribution is 2.30. The first kappa shape index (κ1) is 14.4. The Labute approximate surface area is 122 Å². The molecule has 0 amide bonds. The number of fused-ring (bicyclic) bond motifs is 1. The molecular weight excluding hydrogens is 280 g/mol. The van der Waals surface area contributed by atoms with Crippen LogP contribution in [0, 0.1) is 0 Å². The van der Waals surface area contributed by atoms with Crippen molar-refractivity contribution in [1.82, 2.24) is 10.6 Å². The lowest BCUT2D eigenvalue weighted by molar-refractivity contribution is -0.140. The number of carbonyl (C=O) groups excluding carboxylic acids is 1. The molecule has 1 aliphatic rings. The minimum atomic E-state index is -0.358. The van der Waals surface area contributed by atoms with Crippen LogP contribution in [0.25, 0.3) is 0 Å². The maximum Gasteiger partial charge on any atom is 0.307 e. The van der Waals surface area contributed by atoms with Gasteiger partial charge in [-0.2, -0.15) is 0 Å². The molecule has 6 nitrogen and oxygen atoms in total. The van der Waals surface area contributed by atoms with Crippen LogP contribution in [0.2, 0.25) is 0 Å². The molecule has 1 aromatic rings. The number of ether oxygens (including phenoxy) is 3. The van der Waals surface area contributed by atoms with Crippen LogP contribution in [0.3, 0.4) is 0 Å². The van der Waals surface area contributed by atoms with Gasteiger partial charge in [-0.15, -0.1) is 0 Å². The van der Waals surface area contributed by atoms with Crippen molar-refractivity contribution in [1.29, 1.82) is 0 Å². The number of carbonyl (C=O) groups is 1. The summed E-state index contributed by atoms with van der Waals surface area (Å²) in [5.41, 5.74) is 0. The predicted octanol–water partition coefficient (Wildman–Crippen LogP) is 0.811. The number of hydrogen-bond donors (Lipinski definition) is 2. The minimum Gasteiger partial charge on any atom is -0.484 e. The third-order valence-electron chi connectivity index (χ3n) is 2.64. The summed E-state index contributed by atoms with van der Waals surface area (Å²) in [5.74, 6) is 1.11. The van der Waals surface area contributed by atoms with Crippen LogP contribution in [0.4, 0.5) is 0 Å². The number of thiocarbonyl (C=S) groups is 1. The van der Waals surface area contributed by atoms with E-state index in [1.54, 1.807) is 0 Å². The fourth-order valence-electron chi connectivity index (χ4n) is 1.67. The average Bonchev–Trinajstić information content (AvgIpc) is 2.47. The van der Waals surface area contributed by atoms with E-state index in [2.05, 4.69) is 15.4 Å². The van der Waals surface area contributed by atoms with Crippen molar-refractivity contribution in [2.24, 2.45) is 0 Å². The van der Waals surface area contributed by atoms with Gasteiger partial charge in [0.05, 0.1) is 13.5 Å². The molecule has 0 saturated heterocycles. The minimum absolute atomic E-state index is 0.253. The van der Waals surface area contributed by atoms with Gasteiger partial charge in [-0.05, 0) is 24.4 Å². The highest BCUT2D eigenvalue weighted by molar-refractivity contribution is 7.80. The quantitative estimate of drug-likeness (QED) is 0.629. The van der Waals surface area contributed by atoms with E-state index in [1.165, 1.54) is 7.11 Å². The molecule has 0 radical (unpaired) electrons. The zero-order valence-corrected chi connectivity index (χ0v) is 11.9. The summed E-state index contributed by atoms with van der Waals surface area (Å²) in [5, 5.41) is 6.28. The fraction of sp³-hybridized carbons (Fsp3) is 0.385. The molecule has 1 aromatic carbocycles. The molecule has 0 bridgehead atoms. The molecule has 1 heterocycles. The second kappa shape index (κ2) is 6.95. The van der Waals surface area contributed by atoms with Crippen LogP contribution in [0.15, 0.2) is 24.3 Å². The second-order valence-corrected chi connectivity index (χ2v) is 4.50. The lowest BCUT2D eigenvalue weighted by Gasteiger charge is -2.27. The third-order valence-corrected chi connectivity index (χ3v) is 2.91. The first-order chi connectivity index (χ1) is 9.69. The molecule has 1 unspecified atom stereocenters. The Hall–Kier alpha value is -2.02. The smallest absolute Gasteiger partial charge is 0.307 e. The van der Waals surface area contributed by atoms with Gasteiger partial charge < -0.3 is 24.8 Å². The molecule has 7 heteroatoms. The van der Waals surface area contributed by atoms with Gasteiger partial charge in [0, 0.05) is 6.54 Å². The van der Waals surface area contributed by atoms with Crippen LogP contribution in [-0.2, 0) is 9.53 Å². The van der Waals surface area contributed by atoms with Gasteiger partial charge in [0.25, 0.3) is 0 Å². The summed E-state index contributed by atoms with van der Waals surface area (Å²) in [4.78, 5) is 11.0. The highest BCUT2D eigenvalue weighted by Gasteiger charge is 2.20. The van der Waals surface area contributed by atoms with Crippen LogP contribution < -0.4 is 20.1 Å². The predicted molar refractivity (Wildman–Crippen MR) is 76.7 cm³/mol. The molecular formula is C13H16N2O4S. The van der Waals surface area contributed by atoms with E-state index in [0.717, 1.165) is 5.75 Å². The van der Waals surface area contributed by atoms with Gasteiger partial charge in [0.15, 0.2) is 16.6 Å². The molecule has 20 heavy (non-hydrogen) atoms. The largest absolute Gasteiger partial charge is 0.484 e. The van der Waals surface area contributed by atoms with E-state index in [-0.39, 0.29) is 18.6 Å². The van der Waals surface area contributed by atoms with Crippen molar-refractivity contribution < 1.29 is 19.0 Å². The number of para-hydroxylation sites is 2. The standard InChI is InChI=1S/C13H16N2O4S/c1-17-12(16)6-7-14-13(20)15-11-8-18-9-4-2-3-5-10(9)19-11/h2-5,11H,6-8H2,1H3,(H2,14,15,20). The van der Waals surface area contributed by atoms with E-state index in [1.807, 2.05) is 24.3 Å². The zero-order chi connectivity index (χ0) is 14.4. The molecule has 0 aromatic heterocycles. The van der Waals surface area contributed by atoms with Gasteiger partial charge in [-0.25, -0.2) is 0 Å². The Morgan fingerprint density at radius 1 is 1.45 bits per heavy atom. The Balaban J connectivity index is 1.75. The Morgan fingerprint density at radius 3 is 2.95 bits per heavy atom. The maximum absolute atomic E-state index is 11.0. The first-order valence-corrected chi connectivity index (χ1v) is 6.59. The van der Waals surface area contributed by atoms with Gasteiger partial charge in [0.2, 0.25) is 6.23 Å². The number of esters is 1. The van der Waals surface area contributed by atoms with Crippen molar-refractivity contribution in [2.75, 3.05) is 20.3 Å². The van der Waals surface area contributed by atoms with E-state index >= 15 is 0 Å². The highest BCUT2D eigenvalue weighted by atomic mass is 32.1. The second-order valence-electron chi connectivity index (χ2n) is 4.09. The van der Waals surface area contributed by atoms with Crippen molar-refractivity contribution in [2.45, 2.75) is 12.6 Å². The number of nitrogens with one attached hydrogen (secondary N) is 2. The summed E-state index contributed by atoms with van der Waals surface area (Å²) in [7, 11) is 1.35. The lowest BCUT2D eigenvalue weighted by Crippen LogP contribution is -2.49. The molecule has 2 N–H and O–H groups in total. The van der Waals surface area contributed by atoms with E-state index in [9.17, 15) is 4.79 Å². The molecule has 0 spiro atoms. The molecule has 0 fully saturated rings. The van der Waals surface area contributed by atoms with Crippen molar-refractivity contribution in [3.63, 3.8) is 0 Å². The van der Waals surface area contributed by atoms with E-state index in [0.29, 0.717) is 24.0 Å². The van der Waals surface area contributed by atoms with Crippen LogP contribution >= 0.6 is 12.2 Å². The van der Waals surface area contributed by atoms with Gasteiger partial charge in [-0.3, -0.25) is 4.79 Å². The number of rotatable bonds is 4. The summed E-state index contributed by atoms with van der Waals surface area (Å²) in [6, 6.07) is 7.43. The van der Waals surface area contributed by atoms with Crippen molar-refractivity contribution in [3.8, 4) is 11.5 Å². The Kier molecular flexibility index (Phi) is 5.00. The van der Waals surface area contributed by atoms with E-state index < -0.39 is 0 Å². The van der Waals surface area contributed by atoms with Crippen LogP contribution in [0.5, 0.6) is 11.5 Å². The number of benzene rings is 1. The molecule has 1 atom stereocenters. The average molecular weight is 296 g/mol. The molecule has 2 rings (SSSR count). The summed E-state index contributed by atoms with van der Waals surface area (Å²) >= 11 is 5.11. The van der Waals surface area contributed by atoms with Crippen LogP contribution in [-0.4, -0.2) is 37.6 Å².